The van der Waals surface area contributed by atoms with Crippen LogP contribution in [0.3, 0.4) is 0 Å². The Morgan fingerprint density at radius 3 is 2.61 bits per heavy atom. The number of imidazole rings is 2. The maximum Gasteiger partial charge on any atom is 0.168 e. The monoisotopic (exact) mass is 392 g/mol. The average Bonchev–Trinajstić information content (AvgIpc) is 3.25. The summed E-state index contributed by atoms with van der Waals surface area (Å²) >= 11 is 1.57. The molecule has 2 heterocycles. The van der Waals surface area contributed by atoms with Crippen molar-refractivity contribution in [3.63, 3.8) is 0 Å². The van der Waals surface area contributed by atoms with Gasteiger partial charge in [0.25, 0.3) is 0 Å². The molecule has 28 heavy (non-hydrogen) atoms. The molecule has 1 N–H and O–H groups in total. The molecular weight excluding hydrogens is 368 g/mol. The first-order chi connectivity index (χ1) is 13.5. The minimum Gasteiger partial charge on any atom is -0.390 e. The number of aromatic nitrogens is 4. The van der Waals surface area contributed by atoms with Gasteiger partial charge in [-0.05, 0) is 42.7 Å². The molecule has 0 radical (unpaired) electrons. The Balaban J connectivity index is 1.44. The Bertz CT molecular complexity index is 1100. The van der Waals surface area contributed by atoms with Gasteiger partial charge >= 0.3 is 0 Å². The van der Waals surface area contributed by atoms with Gasteiger partial charge < -0.3 is 14.2 Å². The summed E-state index contributed by atoms with van der Waals surface area (Å²) in [5.74, 6) is 0.573. The quantitative estimate of drug-likeness (QED) is 0.500. The van der Waals surface area contributed by atoms with Crippen molar-refractivity contribution >= 4 is 22.8 Å². The van der Waals surface area contributed by atoms with Gasteiger partial charge in [0.15, 0.2) is 5.16 Å². The zero-order valence-electron chi connectivity index (χ0n) is 16.3. The van der Waals surface area contributed by atoms with Crippen LogP contribution in [-0.2, 0) is 13.6 Å². The van der Waals surface area contributed by atoms with E-state index in [1.165, 1.54) is 11.1 Å². The van der Waals surface area contributed by atoms with Crippen molar-refractivity contribution in [3.8, 4) is 11.3 Å². The lowest BCUT2D eigenvalue weighted by atomic mass is 10.1. The highest BCUT2D eigenvalue weighted by atomic mass is 32.2. The van der Waals surface area contributed by atoms with Crippen molar-refractivity contribution in [1.82, 2.24) is 19.1 Å². The maximum absolute atomic E-state index is 10.6. The number of fused-ring (bicyclic) bond motifs is 1. The van der Waals surface area contributed by atoms with Crippen LogP contribution < -0.4 is 0 Å². The number of hydrogen-bond acceptors (Lipinski definition) is 4. The van der Waals surface area contributed by atoms with E-state index in [1.54, 1.807) is 11.8 Å². The Labute approximate surface area is 169 Å². The number of aryl methyl sites for hydroxylation is 2. The molecule has 0 spiro atoms. The van der Waals surface area contributed by atoms with Crippen LogP contribution in [0.1, 0.15) is 11.1 Å². The lowest BCUT2D eigenvalue weighted by Gasteiger charge is -2.12. The van der Waals surface area contributed by atoms with E-state index < -0.39 is 6.10 Å². The van der Waals surface area contributed by atoms with Gasteiger partial charge in [0.05, 0.1) is 41.9 Å². The van der Waals surface area contributed by atoms with Gasteiger partial charge in [0.2, 0.25) is 0 Å². The van der Waals surface area contributed by atoms with E-state index >= 15 is 0 Å². The summed E-state index contributed by atoms with van der Waals surface area (Å²) in [5, 5.41) is 11.5. The van der Waals surface area contributed by atoms with E-state index in [2.05, 4.69) is 52.6 Å². The van der Waals surface area contributed by atoms with Crippen LogP contribution >= 0.6 is 11.8 Å². The number of benzene rings is 2. The molecule has 0 amide bonds. The third-order valence-corrected chi connectivity index (χ3v) is 6.25. The number of hydrogen-bond donors (Lipinski definition) is 1. The highest BCUT2D eigenvalue weighted by molar-refractivity contribution is 7.99. The molecule has 4 rings (SSSR count). The van der Waals surface area contributed by atoms with Crippen molar-refractivity contribution in [2.45, 2.75) is 31.7 Å². The molecule has 0 bridgehead atoms. The molecule has 0 saturated carbocycles. The fraction of sp³-hybridized carbons (Fsp3) is 0.273. The number of nitrogens with zero attached hydrogens (tertiary/aromatic N) is 4. The summed E-state index contributed by atoms with van der Waals surface area (Å²) in [6.45, 7) is 4.71. The molecule has 2 aromatic carbocycles. The van der Waals surface area contributed by atoms with Gasteiger partial charge in [-0.1, -0.05) is 42.1 Å². The standard InChI is InChI=1S/C22H24N4OS/c1-15-9-19-20(10-16(15)2)26(14-24-19)12-18(27)13-28-22-23-11-21(25(22)3)17-7-5-4-6-8-17/h4-11,14,18,27H,12-13H2,1-3H3. The Hall–Kier alpha value is -2.57. The maximum atomic E-state index is 10.6. The minimum atomic E-state index is -0.485. The van der Waals surface area contributed by atoms with Crippen molar-refractivity contribution in [2.24, 2.45) is 7.05 Å². The zero-order valence-corrected chi connectivity index (χ0v) is 17.1. The highest BCUT2D eigenvalue weighted by Crippen LogP contribution is 2.25. The first-order valence-corrected chi connectivity index (χ1v) is 10.3. The number of thioether (sulfide) groups is 1. The molecule has 4 aromatic rings. The van der Waals surface area contributed by atoms with Crippen LogP contribution in [0.2, 0.25) is 0 Å². The number of rotatable bonds is 6. The molecular formula is C22H24N4OS. The van der Waals surface area contributed by atoms with Crippen LogP contribution in [-0.4, -0.2) is 36.1 Å². The first-order valence-electron chi connectivity index (χ1n) is 9.33. The van der Waals surface area contributed by atoms with Gasteiger partial charge in [-0.15, -0.1) is 0 Å². The second-order valence-electron chi connectivity index (χ2n) is 7.14. The molecule has 0 aliphatic heterocycles. The van der Waals surface area contributed by atoms with Crippen LogP contribution in [0.25, 0.3) is 22.3 Å². The third-order valence-electron chi connectivity index (χ3n) is 5.06. The summed E-state index contributed by atoms with van der Waals surface area (Å²) in [4.78, 5) is 9.00. The molecule has 0 saturated heterocycles. The molecule has 6 heteroatoms. The summed E-state index contributed by atoms with van der Waals surface area (Å²) in [7, 11) is 2.01. The van der Waals surface area contributed by atoms with Gasteiger partial charge in [-0.25, -0.2) is 9.97 Å². The number of aliphatic hydroxyl groups excluding tert-OH is 1. The summed E-state index contributed by atoms with van der Waals surface area (Å²) in [5.41, 5.74) is 6.72. The zero-order chi connectivity index (χ0) is 19.7. The van der Waals surface area contributed by atoms with E-state index in [1.807, 2.05) is 42.3 Å². The second kappa shape index (κ2) is 7.81. The summed E-state index contributed by atoms with van der Waals surface area (Å²) in [6.07, 6.45) is 3.21. The molecule has 1 atom stereocenters. The Morgan fingerprint density at radius 2 is 1.82 bits per heavy atom. The average molecular weight is 393 g/mol. The Kier molecular flexibility index (Phi) is 5.24. The summed E-state index contributed by atoms with van der Waals surface area (Å²) < 4.78 is 4.10. The fourth-order valence-electron chi connectivity index (χ4n) is 3.31. The van der Waals surface area contributed by atoms with E-state index in [0.717, 1.165) is 27.4 Å². The third kappa shape index (κ3) is 3.70. The first kappa shape index (κ1) is 18.8. The van der Waals surface area contributed by atoms with Gasteiger partial charge in [0, 0.05) is 12.8 Å². The van der Waals surface area contributed by atoms with E-state index in [0.29, 0.717) is 12.3 Å². The minimum absolute atomic E-state index is 0.485. The summed E-state index contributed by atoms with van der Waals surface area (Å²) in [6, 6.07) is 14.5. The molecule has 1 unspecified atom stereocenters. The molecule has 144 valence electrons. The smallest absolute Gasteiger partial charge is 0.168 e. The lowest BCUT2D eigenvalue weighted by molar-refractivity contribution is 0.179. The van der Waals surface area contributed by atoms with Crippen LogP contribution in [0, 0.1) is 13.8 Å². The van der Waals surface area contributed by atoms with Crippen molar-refractivity contribution in [1.29, 1.82) is 0 Å². The predicted octanol–water partition coefficient (Wildman–Crippen LogP) is 4.21. The van der Waals surface area contributed by atoms with Gasteiger partial charge in [-0.3, -0.25) is 0 Å². The molecule has 0 fully saturated rings. The van der Waals surface area contributed by atoms with Crippen LogP contribution in [0.4, 0.5) is 0 Å². The molecule has 2 aromatic heterocycles. The number of aliphatic hydroxyl groups is 1. The van der Waals surface area contributed by atoms with E-state index in [-0.39, 0.29) is 0 Å². The van der Waals surface area contributed by atoms with Gasteiger partial charge in [0.1, 0.15) is 0 Å². The SMILES string of the molecule is Cc1cc2ncn(CC(O)CSc3ncc(-c4ccccc4)n3C)c2cc1C. The van der Waals surface area contributed by atoms with Crippen molar-refractivity contribution in [2.75, 3.05) is 5.75 Å². The van der Waals surface area contributed by atoms with Crippen LogP contribution in [0.15, 0.2) is 60.1 Å². The van der Waals surface area contributed by atoms with Crippen molar-refractivity contribution in [3.05, 3.63) is 66.1 Å². The topological polar surface area (TPSA) is 55.9 Å². The normalized spacial score (nSPS) is 12.6. The molecule has 5 nitrogen and oxygen atoms in total. The largest absolute Gasteiger partial charge is 0.390 e. The van der Waals surface area contributed by atoms with Crippen LogP contribution in [0.5, 0.6) is 0 Å². The fourth-order valence-corrected chi connectivity index (χ4v) is 4.18. The Morgan fingerprint density at radius 1 is 1.07 bits per heavy atom. The van der Waals surface area contributed by atoms with Gasteiger partial charge in [-0.2, -0.15) is 0 Å². The molecule has 0 aliphatic carbocycles. The predicted molar refractivity (Wildman–Crippen MR) is 115 cm³/mol. The molecule has 0 aliphatic rings. The lowest BCUT2D eigenvalue weighted by Crippen LogP contribution is -2.18. The van der Waals surface area contributed by atoms with Crippen molar-refractivity contribution < 1.29 is 5.11 Å². The van der Waals surface area contributed by atoms with E-state index in [4.69, 9.17) is 0 Å². The van der Waals surface area contributed by atoms with E-state index in [9.17, 15) is 5.11 Å². The highest BCUT2D eigenvalue weighted by Gasteiger charge is 2.13. The second-order valence-corrected chi connectivity index (χ2v) is 8.13.